The van der Waals surface area contributed by atoms with Gasteiger partial charge in [-0.05, 0) is 47.8 Å². The predicted molar refractivity (Wildman–Crippen MR) is 129 cm³/mol. The van der Waals surface area contributed by atoms with Crippen molar-refractivity contribution in [2.45, 2.75) is 6.54 Å². The van der Waals surface area contributed by atoms with Gasteiger partial charge in [0, 0.05) is 62.6 Å². The molecule has 1 N–H and O–H groups in total. The van der Waals surface area contributed by atoms with E-state index in [1.54, 1.807) is 29.7 Å². The SMILES string of the molecule is CN(C)c1ccc(C(=O)N2CCN(c3ncccc3C(=O)NCc3cccs3)CC2)cc1. The number of rotatable bonds is 6. The summed E-state index contributed by atoms with van der Waals surface area (Å²) in [6.45, 7) is 2.93. The first-order valence-corrected chi connectivity index (χ1v) is 11.5. The largest absolute Gasteiger partial charge is 0.378 e. The van der Waals surface area contributed by atoms with Crippen molar-refractivity contribution in [1.82, 2.24) is 15.2 Å². The van der Waals surface area contributed by atoms with E-state index in [1.165, 1.54) is 0 Å². The van der Waals surface area contributed by atoms with E-state index in [4.69, 9.17) is 0 Å². The van der Waals surface area contributed by atoms with Gasteiger partial charge in [0.05, 0.1) is 12.1 Å². The summed E-state index contributed by atoms with van der Waals surface area (Å²) in [5.74, 6) is 0.560. The number of hydrogen-bond donors (Lipinski definition) is 1. The van der Waals surface area contributed by atoms with Crippen LogP contribution in [0.1, 0.15) is 25.6 Å². The lowest BCUT2D eigenvalue weighted by Crippen LogP contribution is -2.49. The van der Waals surface area contributed by atoms with Crippen molar-refractivity contribution >= 4 is 34.7 Å². The van der Waals surface area contributed by atoms with E-state index >= 15 is 0 Å². The number of amides is 2. The van der Waals surface area contributed by atoms with Crippen LogP contribution in [-0.4, -0.2) is 62.0 Å². The summed E-state index contributed by atoms with van der Waals surface area (Å²) < 4.78 is 0. The number of nitrogens with zero attached hydrogens (tertiary/aromatic N) is 4. The Morgan fingerprint density at radius 1 is 1.03 bits per heavy atom. The summed E-state index contributed by atoms with van der Waals surface area (Å²) in [4.78, 5) is 37.2. The summed E-state index contributed by atoms with van der Waals surface area (Å²) >= 11 is 1.61. The zero-order chi connectivity index (χ0) is 22.5. The molecule has 4 rings (SSSR count). The maximum absolute atomic E-state index is 12.9. The van der Waals surface area contributed by atoms with E-state index in [-0.39, 0.29) is 11.8 Å². The lowest BCUT2D eigenvalue weighted by atomic mass is 10.1. The number of aromatic nitrogens is 1. The molecule has 3 heterocycles. The van der Waals surface area contributed by atoms with Gasteiger partial charge in [-0.1, -0.05) is 6.07 Å². The second-order valence-electron chi connectivity index (χ2n) is 7.86. The van der Waals surface area contributed by atoms with Crippen molar-refractivity contribution < 1.29 is 9.59 Å². The van der Waals surface area contributed by atoms with Crippen LogP contribution in [0.25, 0.3) is 0 Å². The number of anilines is 2. The summed E-state index contributed by atoms with van der Waals surface area (Å²) in [7, 11) is 3.95. The maximum Gasteiger partial charge on any atom is 0.255 e. The van der Waals surface area contributed by atoms with Crippen LogP contribution in [0.2, 0.25) is 0 Å². The molecule has 1 saturated heterocycles. The minimum absolute atomic E-state index is 0.0323. The second kappa shape index (κ2) is 9.82. The Morgan fingerprint density at radius 2 is 1.78 bits per heavy atom. The monoisotopic (exact) mass is 449 g/mol. The molecule has 1 aliphatic rings. The predicted octanol–water partition coefficient (Wildman–Crippen LogP) is 3.10. The van der Waals surface area contributed by atoms with Crippen molar-refractivity contribution in [2.24, 2.45) is 0 Å². The Kier molecular flexibility index (Phi) is 6.70. The number of pyridine rings is 1. The molecule has 2 aromatic heterocycles. The molecule has 3 aromatic rings. The third-order valence-electron chi connectivity index (χ3n) is 5.53. The quantitative estimate of drug-likeness (QED) is 0.626. The Bertz CT molecular complexity index is 1060. The van der Waals surface area contributed by atoms with Gasteiger partial charge >= 0.3 is 0 Å². The fourth-order valence-corrected chi connectivity index (χ4v) is 4.35. The molecular formula is C24H27N5O2S. The fourth-order valence-electron chi connectivity index (χ4n) is 3.71. The van der Waals surface area contributed by atoms with Crippen LogP contribution in [0.5, 0.6) is 0 Å². The molecule has 0 atom stereocenters. The first kappa shape index (κ1) is 21.8. The fraction of sp³-hybridized carbons (Fsp3) is 0.292. The molecular weight excluding hydrogens is 422 g/mol. The van der Waals surface area contributed by atoms with Gasteiger partial charge in [-0.25, -0.2) is 4.98 Å². The van der Waals surface area contributed by atoms with E-state index in [1.807, 2.05) is 65.7 Å². The van der Waals surface area contributed by atoms with E-state index in [9.17, 15) is 9.59 Å². The highest BCUT2D eigenvalue weighted by Crippen LogP contribution is 2.21. The Labute approximate surface area is 192 Å². The third kappa shape index (κ3) is 4.91. The molecule has 0 aliphatic carbocycles. The Balaban J connectivity index is 1.39. The molecule has 0 radical (unpaired) electrons. The summed E-state index contributed by atoms with van der Waals surface area (Å²) in [5, 5.41) is 4.97. The highest BCUT2D eigenvalue weighted by Gasteiger charge is 2.25. The van der Waals surface area contributed by atoms with Crippen LogP contribution in [0.15, 0.2) is 60.1 Å². The lowest BCUT2D eigenvalue weighted by molar-refractivity contribution is 0.0745. The normalized spacial score (nSPS) is 13.7. The van der Waals surface area contributed by atoms with Crippen LogP contribution in [0.3, 0.4) is 0 Å². The van der Waals surface area contributed by atoms with Gasteiger partial charge < -0.3 is 20.0 Å². The highest BCUT2D eigenvalue weighted by atomic mass is 32.1. The van der Waals surface area contributed by atoms with Crippen molar-refractivity contribution in [1.29, 1.82) is 0 Å². The van der Waals surface area contributed by atoms with Gasteiger partial charge in [0.15, 0.2) is 0 Å². The molecule has 8 heteroatoms. The van der Waals surface area contributed by atoms with E-state index < -0.39 is 0 Å². The van der Waals surface area contributed by atoms with Gasteiger partial charge in [-0.15, -0.1) is 11.3 Å². The third-order valence-corrected chi connectivity index (χ3v) is 6.41. The molecule has 0 unspecified atom stereocenters. The standard InChI is InChI=1S/C24H27N5O2S/c1-27(2)19-9-7-18(8-10-19)24(31)29-14-12-28(13-15-29)22-21(6-3-11-25-22)23(30)26-17-20-5-4-16-32-20/h3-11,16H,12-15,17H2,1-2H3,(H,26,30). The Hall–Kier alpha value is -3.39. The van der Waals surface area contributed by atoms with Crippen molar-refractivity contribution in [2.75, 3.05) is 50.1 Å². The number of piperazine rings is 1. The smallest absolute Gasteiger partial charge is 0.255 e. The average Bonchev–Trinajstić information content (AvgIpc) is 3.36. The summed E-state index contributed by atoms with van der Waals surface area (Å²) in [6, 6.07) is 15.2. The van der Waals surface area contributed by atoms with E-state index in [0.29, 0.717) is 49.7 Å². The number of carbonyl (C=O) groups is 2. The number of benzene rings is 1. The topological polar surface area (TPSA) is 68.8 Å². The van der Waals surface area contributed by atoms with Crippen molar-refractivity contribution in [3.05, 3.63) is 76.1 Å². The minimum atomic E-state index is -0.138. The highest BCUT2D eigenvalue weighted by molar-refractivity contribution is 7.09. The minimum Gasteiger partial charge on any atom is -0.378 e. The van der Waals surface area contributed by atoms with E-state index in [0.717, 1.165) is 10.6 Å². The number of nitrogens with one attached hydrogen (secondary N) is 1. The van der Waals surface area contributed by atoms with Gasteiger partial charge in [0.25, 0.3) is 11.8 Å². The molecule has 1 aromatic carbocycles. The molecule has 2 amide bonds. The molecule has 1 aliphatic heterocycles. The molecule has 0 spiro atoms. The zero-order valence-electron chi connectivity index (χ0n) is 18.3. The van der Waals surface area contributed by atoms with Crippen LogP contribution in [-0.2, 0) is 6.54 Å². The van der Waals surface area contributed by atoms with Gasteiger partial charge in [0.2, 0.25) is 0 Å². The van der Waals surface area contributed by atoms with Crippen molar-refractivity contribution in [3.63, 3.8) is 0 Å². The molecule has 0 saturated carbocycles. The van der Waals surface area contributed by atoms with Crippen LogP contribution in [0, 0.1) is 0 Å². The number of carbonyl (C=O) groups excluding carboxylic acids is 2. The number of hydrogen-bond acceptors (Lipinski definition) is 6. The first-order valence-electron chi connectivity index (χ1n) is 10.6. The van der Waals surface area contributed by atoms with Crippen LogP contribution >= 0.6 is 11.3 Å². The lowest BCUT2D eigenvalue weighted by Gasteiger charge is -2.36. The van der Waals surface area contributed by atoms with Crippen LogP contribution in [0.4, 0.5) is 11.5 Å². The summed E-state index contributed by atoms with van der Waals surface area (Å²) in [6.07, 6.45) is 1.70. The second-order valence-corrected chi connectivity index (χ2v) is 8.89. The zero-order valence-corrected chi connectivity index (χ0v) is 19.1. The first-order chi connectivity index (χ1) is 15.5. The van der Waals surface area contributed by atoms with Gasteiger partial charge in [0.1, 0.15) is 5.82 Å². The molecule has 7 nitrogen and oxygen atoms in total. The molecule has 1 fully saturated rings. The number of thiophene rings is 1. The molecule has 0 bridgehead atoms. The maximum atomic E-state index is 12.9. The van der Waals surface area contributed by atoms with Gasteiger partial charge in [-0.2, -0.15) is 0 Å². The Morgan fingerprint density at radius 3 is 2.44 bits per heavy atom. The van der Waals surface area contributed by atoms with E-state index in [2.05, 4.69) is 15.2 Å². The summed E-state index contributed by atoms with van der Waals surface area (Å²) in [5.41, 5.74) is 2.31. The van der Waals surface area contributed by atoms with Gasteiger partial charge in [-0.3, -0.25) is 9.59 Å². The molecule has 32 heavy (non-hydrogen) atoms. The van der Waals surface area contributed by atoms with Crippen LogP contribution < -0.4 is 15.1 Å². The average molecular weight is 450 g/mol. The van der Waals surface area contributed by atoms with Crippen molar-refractivity contribution in [3.8, 4) is 0 Å². The molecule has 166 valence electrons.